The van der Waals surface area contributed by atoms with E-state index in [-0.39, 0.29) is 0 Å². The third-order valence-corrected chi connectivity index (χ3v) is 3.52. The van der Waals surface area contributed by atoms with Gasteiger partial charge in [0.2, 0.25) is 0 Å². The Balaban J connectivity index is 2.32. The molecule has 0 fully saturated rings. The number of halogens is 2. The van der Waals surface area contributed by atoms with Gasteiger partial charge in [-0.05, 0) is 25.0 Å². The highest BCUT2D eigenvalue weighted by Crippen LogP contribution is 2.31. The summed E-state index contributed by atoms with van der Waals surface area (Å²) in [6, 6.07) is 1.85. The summed E-state index contributed by atoms with van der Waals surface area (Å²) in [5, 5.41) is 12.0. The molecule has 1 unspecified atom stereocenters. The van der Waals surface area contributed by atoms with Crippen LogP contribution in [0, 0.1) is 0 Å². The monoisotopic (exact) mass is 295 g/mol. The average molecular weight is 296 g/mol. The lowest BCUT2D eigenvalue weighted by atomic mass is 10.2. The van der Waals surface area contributed by atoms with Crippen LogP contribution in [-0.4, -0.2) is 30.3 Å². The molecule has 0 radical (unpaired) electrons. The maximum Gasteiger partial charge on any atom is 0.188 e. The number of hydrogen-bond donors (Lipinski definition) is 3. The van der Waals surface area contributed by atoms with E-state index < -0.39 is 6.10 Å². The van der Waals surface area contributed by atoms with Gasteiger partial charge in [0.05, 0.1) is 21.3 Å². The molecule has 0 amide bonds. The largest absolute Gasteiger partial charge is 0.391 e. The Bertz CT molecular complexity index is 393. The van der Waals surface area contributed by atoms with Crippen LogP contribution >= 0.6 is 34.5 Å². The van der Waals surface area contributed by atoms with Crippen molar-refractivity contribution in [2.75, 3.05) is 13.1 Å². The molecule has 4 N–H and O–H groups in total. The minimum atomic E-state index is -0.486. The molecule has 1 atom stereocenters. The number of rotatable bonds is 5. The van der Waals surface area contributed by atoms with Crippen molar-refractivity contribution in [3.8, 4) is 0 Å². The number of aliphatic imine (C=N–C) groups is 1. The highest BCUT2D eigenvalue weighted by Gasteiger charge is 2.05. The number of aliphatic hydroxyl groups is 1. The summed E-state index contributed by atoms with van der Waals surface area (Å²) in [4.78, 5) is 3.96. The normalized spacial score (nSPS) is 13.8. The summed E-state index contributed by atoms with van der Waals surface area (Å²) in [6.07, 6.45) is 0.243. The minimum absolute atomic E-state index is 0.296. The Kier molecular flexibility index (Phi) is 6.05. The van der Waals surface area contributed by atoms with Crippen molar-refractivity contribution >= 4 is 40.5 Å². The fourth-order valence-corrected chi connectivity index (χ4v) is 2.70. The Labute approximate surface area is 114 Å². The second-order valence-corrected chi connectivity index (χ2v) is 5.89. The molecule has 4 nitrogen and oxygen atoms in total. The zero-order chi connectivity index (χ0) is 12.8. The summed E-state index contributed by atoms with van der Waals surface area (Å²) in [7, 11) is 0. The molecule has 0 saturated heterocycles. The van der Waals surface area contributed by atoms with Gasteiger partial charge in [-0.25, -0.2) is 0 Å². The van der Waals surface area contributed by atoms with Gasteiger partial charge in [-0.1, -0.05) is 23.2 Å². The highest BCUT2D eigenvalue weighted by molar-refractivity contribution is 7.20. The Morgan fingerprint density at radius 3 is 2.88 bits per heavy atom. The zero-order valence-electron chi connectivity index (χ0n) is 9.41. The maximum absolute atomic E-state index is 9.02. The van der Waals surface area contributed by atoms with Gasteiger partial charge >= 0.3 is 0 Å². The topological polar surface area (TPSA) is 70.6 Å². The summed E-state index contributed by atoms with van der Waals surface area (Å²) in [5.41, 5.74) is 6.60. The highest BCUT2D eigenvalue weighted by atomic mass is 35.5. The fourth-order valence-electron chi connectivity index (χ4n) is 1.16. The molecule has 0 bridgehead atoms. The number of nitrogens with one attached hydrogen (secondary N) is 1. The molecule has 0 aromatic carbocycles. The van der Waals surface area contributed by atoms with Gasteiger partial charge in [-0.3, -0.25) is 4.99 Å². The molecule has 1 rings (SSSR count). The van der Waals surface area contributed by atoms with Crippen LogP contribution in [0.4, 0.5) is 0 Å². The van der Waals surface area contributed by atoms with E-state index in [4.69, 9.17) is 34.0 Å². The molecule has 96 valence electrons. The lowest BCUT2D eigenvalue weighted by Crippen LogP contribution is -2.33. The number of hydrogen-bond acceptors (Lipinski definition) is 3. The fraction of sp³-hybridized carbons (Fsp3) is 0.500. The molecule has 1 heterocycles. The maximum atomic E-state index is 9.02. The van der Waals surface area contributed by atoms with Crippen molar-refractivity contribution in [2.45, 2.75) is 19.4 Å². The van der Waals surface area contributed by atoms with Gasteiger partial charge in [-0.15, -0.1) is 11.3 Å². The quantitative estimate of drug-likeness (QED) is 0.574. The van der Waals surface area contributed by atoms with Gasteiger partial charge in [0.15, 0.2) is 5.96 Å². The van der Waals surface area contributed by atoms with Crippen molar-refractivity contribution in [3.63, 3.8) is 0 Å². The van der Waals surface area contributed by atoms with Crippen LogP contribution in [0.3, 0.4) is 0 Å². The molecule has 0 aliphatic heterocycles. The molecule has 0 saturated carbocycles. The van der Waals surface area contributed by atoms with Crippen LogP contribution in [0.1, 0.15) is 12.5 Å². The second-order valence-electron chi connectivity index (χ2n) is 3.60. The summed E-state index contributed by atoms with van der Waals surface area (Å²) in [6.45, 7) is 2.58. The number of nitrogens with zero attached hydrogens (tertiary/aromatic N) is 1. The second kappa shape index (κ2) is 7.06. The molecule has 1 aromatic heterocycles. The van der Waals surface area contributed by atoms with E-state index in [1.54, 1.807) is 6.92 Å². The summed E-state index contributed by atoms with van der Waals surface area (Å²) < 4.78 is 1.39. The first-order valence-corrected chi connectivity index (χ1v) is 6.72. The van der Waals surface area contributed by atoms with Crippen LogP contribution in [-0.2, 0) is 6.42 Å². The van der Waals surface area contributed by atoms with E-state index in [9.17, 15) is 0 Å². The predicted octanol–water partition coefficient (Wildman–Crippen LogP) is 1.88. The molecule has 7 heteroatoms. The van der Waals surface area contributed by atoms with Crippen LogP contribution in [0.15, 0.2) is 11.1 Å². The minimum Gasteiger partial charge on any atom is -0.391 e. The van der Waals surface area contributed by atoms with Crippen molar-refractivity contribution in [2.24, 2.45) is 10.7 Å². The number of thiophene rings is 1. The average Bonchev–Trinajstić information content (AvgIpc) is 2.55. The number of aliphatic hydroxyl groups excluding tert-OH is 1. The van der Waals surface area contributed by atoms with Gasteiger partial charge in [0, 0.05) is 6.54 Å². The van der Waals surface area contributed by atoms with Crippen molar-refractivity contribution in [1.82, 2.24) is 5.32 Å². The molecular formula is C10H15Cl2N3OS. The number of guanidine groups is 1. The molecule has 17 heavy (non-hydrogen) atoms. The number of nitrogens with two attached hydrogens (primary N) is 1. The van der Waals surface area contributed by atoms with Crippen LogP contribution in [0.5, 0.6) is 0 Å². The first kappa shape index (κ1) is 14.6. The van der Waals surface area contributed by atoms with E-state index in [0.717, 1.165) is 12.0 Å². The lowest BCUT2D eigenvalue weighted by Gasteiger charge is -2.05. The summed E-state index contributed by atoms with van der Waals surface area (Å²) in [5.74, 6) is 0.323. The van der Waals surface area contributed by atoms with E-state index in [2.05, 4.69) is 10.3 Å². The van der Waals surface area contributed by atoms with Crippen molar-refractivity contribution in [3.05, 3.63) is 20.3 Å². The molecule has 0 spiro atoms. The third-order valence-electron chi connectivity index (χ3n) is 1.95. The van der Waals surface area contributed by atoms with E-state index in [1.807, 2.05) is 6.07 Å². The molecule has 1 aromatic rings. The van der Waals surface area contributed by atoms with Crippen LogP contribution < -0.4 is 11.1 Å². The van der Waals surface area contributed by atoms with E-state index in [1.165, 1.54) is 11.3 Å². The Morgan fingerprint density at radius 2 is 2.35 bits per heavy atom. The molecule has 0 aliphatic carbocycles. The van der Waals surface area contributed by atoms with Crippen LogP contribution in [0.2, 0.25) is 8.67 Å². The first-order valence-electron chi connectivity index (χ1n) is 5.14. The van der Waals surface area contributed by atoms with Gasteiger partial charge in [0.25, 0.3) is 0 Å². The Hall–Kier alpha value is -0.490. The third kappa shape index (κ3) is 5.59. The van der Waals surface area contributed by atoms with E-state index >= 15 is 0 Å². The molecular weight excluding hydrogens is 281 g/mol. The smallest absolute Gasteiger partial charge is 0.188 e. The van der Waals surface area contributed by atoms with E-state index in [0.29, 0.717) is 27.7 Å². The van der Waals surface area contributed by atoms with Gasteiger partial charge in [-0.2, -0.15) is 0 Å². The summed E-state index contributed by atoms with van der Waals surface area (Å²) >= 11 is 13.2. The van der Waals surface area contributed by atoms with Crippen molar-refractivity contribution in [1.29, 1.82) is 0 Å². The predicted molar refractivity (Wildman–Crippen MR) is 74.2 cm³/mol. The standard InChI is InChI=1S/C10H15Cl2N3OS/c1-6(16)5-15-10(13)14-3-2-7-4-8(11)17-9(7)12/h4,6,16H,2-3,5H2,1H3,(H3,13,14,15). The molecule has 0 aliphatic rings. The first-order chi connectivity index (χ1) is 7.99. The SMILES string of the molecule is CC(O)CN=C(N)NCCc1cc(Cl)sc1Cl. The lowest BCUT2D eigenvalue weighted by molar-refractivity contribution is 0.204. The zero-order valence-corrected chi connectivity index (χ0v) is 11.7. The Morgan fingerprint density at radius 1 is 1.65 bits per heavy atom. The van der Waals surface area contributed by atoms with Crippen LogP contribution in [0.25, 0.3) is 0 Å². The van der Waals surface area contributed by atoms with Crippen molar-refractivity contribution < 1.29 is 5.11 Å². The van der Waals surface area contributed by atoms with Gasteiger partial charge in [0.1, 0.15) is 0 Å². The van der Waals surface area contributed by atoms with Gasteiger partial charge < -0.3 is 16.2 Å².